The average Bonchev–Trinajstić information content (AvgIpc) is 3.29. The number of anilines is 1. The number of H-pyrrole nitrogens is 1. The van der Waals surface area contributed by atoms with Crippen LogP contribution in [-0.4, -0.2) is 20.4 Å². The highest BCUT2D eigenvalue weighted by Crippen LogP contribution is 2.30. The Balaban J connectivity index is 1.55. The van der Waals surface area contributed by atoms with Crippen LogP contribution >= 0.6 is 15.9 Å². The molecule has 1 amide bonds. The van der Waals surface area contributed by atoms with Crippen molar-refractivity contribution in [1.82, 2.24) is 14.5 Å². The highest BCUT2D eigenvalue weighted by molar-refractivity contribution is 9.10. The number of imidazole rings is 1. The summed E-state index contributed by atoms with van der Waals surface area (Å²) in [6, 6.07) is 10.3. The van der Waals surface area contributed by atoms with E-state index in [-0.39, 0.29) is 5.69 Å². The van der Waals surface area contributed by atoms with Gasteiger partial charge in [0.1, 0.15) is 12.0 Å². The Bertz CT molecular complexity index is 1160. The molecule has 142 valence electrons. The van der Waals surface area contributed by atoms with Crippen LogP contribution in [0.3, 0.4) is 0 Å². The van der Waals surface area contributed by atoms with Gasteiger partial charge in [0, 0.05) is 33.5 Å². The summed E-state index contributed by atoms with van der Waals surface area (Å²) in [6.45, 7) is 0. The van der Waals surface area contributed by atoms with Gasteiger partial charge in [0.05, 0.1) is 11.3 Å². The number of rotatable bonds is 3. The molecule has 5 nitrogen and oxygen atoms in total. The Morgan fingerprint density at radius 3 is 2.61 bits per heavy atom. The number of fused-ring (bicyclic) bond motifs is 1. The van der Waals surface area contributed by atoms with Crippen molar-refractivity contribution >= 4 is 38.4 Å². The zero-order valence-corrected chi connectivity index (χ0v) is 15.7. The highest BCUT2D eigenvalue weighted by atomic mass is 79.9. The van der Waals surface area contributed by atoms with Crippen molar-refractivity contribution in [2.24, 2.45) is 0 Å². The summed E-state index contributed by atoms with van der Waals surface area (Å²) in [5.74, 6) is -0.425. The quantitative estimate of drug-likeness (QED) is 0.441. The Morgan fingerprint density at radius 2 is 1.89 bits per heavy atom. The molecule has 9 heteroatoms. The zero-order valence-electron chi connectivity index (χ0n) is 14.1. The van der Waals surface area contributed by atoms with E-state index in [1.54, 1.807) is 6.20 Å². The average molecular weight is 449 g/mol. The first-order chi connectivity index (χ1) is 13.3. The van der Waals surface area contributed by atoms with E-state index < -0.39 is 17.6 Å². The van der Waals surface area contributed by atoms with E-state index in [9.17, 15) is 18.0 Å². The molecule has 0 unspecified atom stereocenters. The number of benzene rings is 2. The molecule has 0 aliphatic carbocycles. The van der Waals surface area contributed by atoms with E-state index in [0.29, 0.717) is 11.4 Å². The number of carbonyl (C=O) groups is 1. The predicted octanol–water partition coefficient (Wildman–Crippen LogP) is 5.39. The van der Waals surface area contributed by atoms with Crippen LogP contribution in [0.1, 0.15) is 16.1 Å². The summed E-state index contributed by atoms with van der Waals surface area (Å²) in [7, 11) is 0. The standard InChI is InChI=1S/C19H12BrF3N4O/c20-12-3-6-15-14(7-12)16(8-24-15)26-18(28)17-9-27(10-25-17)13-4-1-11(2-5-13)19(21,22)23/h1-10,24H,(H,26,28). The molecule has 2 heterocycles. The van der Waals surface area contributed by atoms with Crippen molar-refractivity contribution in [2.75, 3.05) is 5.32 Å². The van der Waals surface area contributed by atoms with E-state index in [1.165, 1.54) is 29.2 Å². The van der Waals surface area contributed by atoms with Gasteiger partial charge < -0.3 is 14.9 Å². The SMILES string of the molecule is O=C(Nc1c[nH]c2ccc(Br)cc12)c1cn(-c2ccc(C(F)(F)F)cc2)cn1. The van der Waals surface area contributed by atoms with Gasteiger partial charge in [-0.2, -0.15) is 13.2 Å². The van der Waals surface area contributed by atoms with Gasteiger partial charge in [0.15, 0.2) is 0 Å². The molecule has 0 bridgehead atoms. The smallest absolute Gasteiger partial charge is 0.359 e. The summed E-state index contributed by atoms with van der Waals surface area (Å²) in [5, 5.41) is 3.62. The Hall–Kier alpha value is -3.07. The fourth-order valence-corrected chi connectivity index (χ4v) is 3.15. The maximum Gasteiger partial charge on any atom is 0.416 e. The Kier molecular flexibility index (Phi) is 4.46. The number of aromatic amines is 1. The molecule has 2 aromatic heterocycles. The summed E-state index contributed by atoms with van der Waals surface area (Å²) >= 11 is 3.40. The number of carbonyl (C=O) groups excluding carboxylic acids is 1. The van der Waals surface area contributed by atoms with Gasteiger partial charge in [-0.25, -0.2) is 4.98 Å². The first-order valence-electron chi connectivity index (χ1n) is 8.11. The Labute approximate surface area is 165 Å². The minimum Gasteiger partial charge on any atom is -0.359 e. The molecule has 0 saturated heterocycles. The normalized spacial score (nSPS) is 11.7. The lowest BCUT2D eigenvalue weighted by atomic mass is 10.2. The van der Waals surface area contributed by atoms with Crippen molar-refractivity contribution in [1.29, 1.82) is 0 Å². The summed E-state index contributed by atoms with van der Waals surface area (Å²) in [6.07, 6.45) is 0.126. The van der Waals surface area contributed by atoms with E-state index in [1.807, 2.05) is 18.2 Å². The van der Waals surface area contributed by atoms with Gasteiger partial charge >= 0.3 is 6.18 Å². The first kappa shape index (κ1) is 18.3. The van der Waals surface area contributed by atoms with Crippen molar-refractivity contribution < 1.29 is 18.0 Å². The summed E-state index contributed by atoms with van der Waals surface area (Å²) in [4.78, 5) is 19.6. The predicted molar refractivity (Wildman–Crippen MR) is 103 cm³/mol. The molecule has 0 aliphatic heterocycles. The maximum absolute atomic E-state index is 12.7. The number of hydrogen-bond acceptors (Lipinski definition) is 2. The summed E-state index contributed by atoms with van der Waals surface area (Å²) in [5.41, 5.74) is 1.35. The fraction of sp³-hybridized carbons (Fsp3) is 0.0526. The molecule has 28 heavy (non-hydrogen) atoms. The molecule has 2 N–H and O–H groups in total. The number of hydrogen-bond donors (Lipinski definition) is 2. The van der Waals surface area contributed by atoms with Crippen LogP contribution in [0.15, 0.2) is 65.7 Å². The van der Waals surface area contributed by atoms with Crippen LogP contribution in [0, 0.1) is 0 Å². The van der Waals surface area contributed by atoms with Gasteiger partial charge in [0.2, 0.25) is 0 Å². The molecule has 0 atom stereocenters. The largest absolute Gasteiger partial charge is 0.416 e. The van der Waals surface area contributed by atoms with Gasteiger partial charge in [0.25, 0.3) is 5.91 Å². The van der Waals surface area contributed by atoms with E-state index in [2.05, 4.69) is 31.2 Å². The number of amides is 1. The van der Waals surface area contributed by atoms with E-state index in [4.69, 9.17) is 0 Å². The van der Waals surface area contributed by atoms with Gasteiger partial charge in [-0.05, 0) is 42.5 Å². The second-order valence-electron chi connectivity index (χ2n) is 6.06. The van der Waals surface area contributed by atoms with Crippen LogP contribution in [0.25, 0.3) is 16.6 Å². The highest BCUT2D eigenvalue weighted by Gasteiger charge is 2.30. The number of nitrogens with one attached hydrogen (secondary N) is 2. The molecular weight excluding hydrogens is 437 g/mol. The van der Waals surface area contributed by atoms with Crippen LogP contribution in [0.2, 0.25) is 0 Å². The molecule has 4 rings (SSSR count). The fourth-order valence-electron chi connectivity index (χ4n) is 2.79. The van der Waals surface area contributed by atoms with Crippen LogP contribution in [0.5, 0.6) is 0 Å². The Morgan fingerprint density at radius 1 is 1.14 bits per heavy atom. The second kappa shape index (κ2) is 6.83. The third kappa shape index (κ3) is 3.53. The number of alkyl halides is 3. The van der Waals surface area contributed by atoms with Gasteiger partial charge in [-0.3, -0.25) is 4.79 Å². The third-order valence-corrected chi connectivity index (χ3v) is 4.69. The van der Waals surface area contributed by atoms with Gasteiger partial charge in [-0.15, -0.1) is 0 Å². The minimum absolute atomic E-state index is 0.143. The van der Waals surface area contributed by atoms with E-state index >= 15 is 0 Å². The van der Waals surface area contributed by atoms with Crippen LogP contribution in [-0.2, 0) is 6.18 Å². The van der Waals surface area contributed by atoms with E-state index in [0.717, 1.165) is 27.5 Å². The molecule has 2 aromatic carbocycles. The number of nitrogens with zero attached hydrogens (tertiary/aromatic N) is 2. The summed E-state index contributed by atoms with van der Waals surface area (Å²) < 4.78 is 40.4. The molecule has 0 spiro atoms. The number of aromatic nitrogens is 3. The third-order valence-electron chi connectivity index (χ3n) is 4.20. The lowest BCUT2D eigenvalue weighted by Gasteiger charge is -2.07. The molecule has 4 aromatic rings. The molecule has 0 aliphatic rings. The lowest BCUT2D eigenvalue weighted by molar-refractivity contribution is -0.137. The zero-order chi connectivity index (χ0) is 19.9. The second-order valence-corrected chi connectivity index (χ2v) is 6.97. The maximum atomic E-state index is 12.7. The monoisotopic (exact) mass is 448 g/mol. The molecule has 0 saturated carbocycles. The van der Waals surface area contributed by atoms with Crippen molar-refractivity contribution in [2.45, 2.75) is 6.18 Å². The minimum atomic E-state index is -4.40. The molecular formula is C19H12BrF3N4O. The lowest BCUT2D eigenvalue weighted by Crippen LogP contribution is -2.12. The van der Waals surface area contributed by atoms with Gasteiger partial charge in [-0.1, -0.05) is 15.9 Å². The van der Waals surface area contributed by atoms with Crippen molar-refractivity contribution in [3.63, 3.8) is 0 Å². The molecule has 0 fully saturated rings. The van der Waals surface area contributed by atoms with Crippen molar-refractivity contribution in [3.05, 3.63) is 76.9 Å². The first-order valence-corrected chi connectivity index (χ1v) is 8.90. The van der Waals surface area contributed by atoms with Crippen molar-refractivity contribution in [3.8, 4) is 5.69 Å². The van der Waals surface area contributed by atoms with Crippen LogP contribution < -0.4 is 5.32 Å². The molecule has 0 radical (unpaired) electrons. The van der Waals surface area contributed by atoms with Crippen LogP contribution in [0.4, 0.5) is 18.9 Å². The number of halogens is 4. The topological polar surface area (TPSA) is 62.7 Å².